The minimum atomic E-state index is -0.107. The van der Waals surface area contributed by atoms with E-state index in [0.717, 1.165) is 48.2 Å². The number of rotatable bonds is 7. The van der Waals surface area contributed by atoms with Crippen molar-refractivity contribution in [3.63, 3.8) is 0 Å². The first kappa shape index (κ1) is 16.1. The first-order chi connectivity index (χ1) is 10.7. The lowest BCUT2D eigenvalue weighted by Crippen LogP contribution is -2.37. The van der Waals surface area contributed by atoms with Crippen LogP contribution >= 0.6 is 0 Å². The van der Waals surface area contributed by atoms with Crippen molar-refractivity contribution in [1.29, 1.82) is 0 Å². The average molecular weight is 304 g/mol. The van der Waals surface area contributed by atoms with Crippen molar-refractivity contribution >= 4 is 17.1 Å². The summed E-state index contributed by atoms with van der Waals surface area (Å²) in [6.45, 7) is 3.41. The summed E-state index contributed by atoms with van der Waals surface area (Å²) >= 11 is 0. The van der Waals surface area contributed by atoms with Crippen LogP contribution < -0.4 is 15.4 Å². The van der Waals surface area contributed by atoms with Gasteiger partial charge >= 0.3 is 6.03 Å². The first-order valence-electron chi connectivity index (χ1n) is 7.65. The number of ether oxygens (including phenoxy) is 1. The fraction of sp³-hybridized carbons (Fsp3) is 0.500. The molecule has 0 spiro atoms. The number of nitrogens with one attached hydrogen (secondary N) is 2. The topological polar surface area (TPSA) is 68.2 Å². The third kappa shape index (κ3) is 3.90. The molecule has 6 heteroatoms. The van der Waals surface area contributed by atoms with Crippen molar-refractivity contribution in [2.24, 2.45) is 7.05 Å². The molecule has 0 fully saturated rings. The van der Waals surface area contributed by atoms with Gasteiger partial charge < -0.3 is 19.9 Å². The second kappa shape index (κ2) is 7.68. The molecule has 0 unspecified atom stereocenters. The molecule has 2 rings (SSSR count). The Hall–Kier alpha value is -2.24. The normalized spacial score (nSPS) is 10.7. The molecule has 0 saturated carbocycles. The number of hydrogen-bond acceptors (Lipinski definition) is 3. The van der Waals surface area contributed by atoms with Crippen LogP contribution in [0.15, 0.2) is 18.5 Å². The summed E-state index contributed by atoms with van der Waals surface area (Å²) in [5.74, 6) is 0.741. The highest BCUT2D eigenvalue weighted by Crippen LogP contribution is 2.23. The summed E-state index contributed by atoms with van der Waals surface area (Å²) in [5.41, 5.74) is 2.07. The lowest BCUT2D eigenvalue weighted by molar-refractivity contribution is 0.241. The van der Waals surface area contributed by atoms with Gasteiger partial charge in [0.25, 0.3) is 0 Å². The molecular formula is C16H24N4O2. The van der Waals surface area contributed by atoms with E-state index in [-0.39, 0.29) is 6.03 Å². The number of pyridine rings is 1. The van der Waals surface area contributed by atoms with Gasteiger partial charge in [0, 0.05) is 31.7 Å². The Labute approximate surface area is 130 Å². The van der Waals surface area contributed by atoms with Crippen LogP contribution in [0.2, 0.25) is 0 Å². The number of fused-ring (bicyclic) bond motifs is 1. The second-order valence-corrected chi connectivity index (χ2v) is 5.30. The SMILES string of the molecule is CCCCNC(=O)NCCc1cn(C)c2ncc(OC)cc12. The van der Waals surface area contributed by atoms with Gasteiger partial charge in [0.15, 0.2) is 0 Å². The van der Waals surface area contributed by atoms with Crippen LogP contribution in [0.1, 0.15) is 25.3 Å². The van der Waals surface area contributed by atoms with Gasteiger partial charge in [-0.1, -0.05) is 13.3 Å². The number of urea groups is 1. The minimum Gasteiger partial charge on any atom is -0.495 e. The van der Waals surface area contributed by atoms with Crippen LogP contribution in [-0.4, -0.2) is 35.8 Å². The van der Waals surface area contributed by atoms with Gasteiger partial charge in [-0.15, -0.1) is 0 Å². The average Bonchev–Trinajstić information content (AvgIpc) is 2.83. The number of hydrogen-bond donors (Lipinski definition) is 2. The van der Waals surface area contributed by atoms with Gasteiger partial charge in [-0.05, 0) is 24.5 Å². The highest BCUT2D eigenvalue weighted by molar-refractivity contribution is 5.82. The van der Waals surface area contributed by atoms with Gasteiger partial charge in [-0.2, -0.15) is 0 Å². The van der Waals surface area contributed by atoms with Crippen molar-refractivity contribution in [1.82, 2.24) is 20.2 Å². The number of carbonyl (C=O) groups excluding carboxylic acids is 1. The predicted molar refractivity (Wildman–Crippen MR) is 87.3 cm³/mol. The Kier molecular flexibility index (Phi) is 5.63. The third-order valence-corrected chi connectivity index (χ3v) is 3.60. The standard InChI is InChI=1S/C16H24N4O2/c1-4-5-7-17-16(21)18-8-6-12-11-20(2)15-14(12)9-13(22-3)10-19-15/h9-11H,4-8H2,1-3H3,(H2,17,18,21). The van der Waals surface area contributed by atoms with Crippen LogP contribution in [0.4, 0.5) is 4.79 Å². The molecule has 2 heterocycles. The number of methoxy groups -OCH3 is 1. The van der Waals surface area contributed by atoms with E-state index in [0.29, 0.717) is 6.54 Å². The molecule has 2 aromatic rings. The number of aromatic nitrogens is 2. The molecule has 22 heavy (non-hydrogen) atoms. The number of amides is 2. The fourth-order valence-corrected chi connectivity index (χ4v) is 2.38. The van der Waals surface area contributed by atoms with Gasteiger partial charge in [-0.3, -0.25) is 0 Å². The van der Waals surface area contributed by atoms with Crippen molar-refractivity contribution < 1.29 is 9.53 Å². The van der Waals surface area contributed by atoms with Gasteiger partial charge in [-0.25, -0.2) is 9.78 Å². The van der Waals surface area contributed by atoms with E-state index in [1.54, 1.807) is 13.3 Å². The molecule has 0 aliphatic heterocycles. The van der Waals surface area contributed by atoms with Crippen molar-refractivity contribution in [2.45, 2.75) is 26.2 Å². The zero-order chi connectivity index (χ0) is 15.9. The van der Waals surface area contributed by atoms with Gasteiger partial charge in [0.1, 0.15) is 11.4 Å². The maximum atomic E-state index is 11.6. The Bertz CT molecular complexity index is 636. The summed E-state index contributed by atoms with van der Waals surface area (Å²) < 4.78 is 7.22. The molecule has 0 bridgehead atoms. The van der Waals surface area contributed by atoms with E-state index in [1.807, 2.05) is 23.9 Å². The van der Waals surface area contributed by atoms with Crippen LogP contribution in [0.5, 0.6) is 5.75 Å². The maximum absolute atomic E-state index is 11.6. The zero-order valence-electron chi connectivity index (χ0n) is 13.5. The number of nitrogens with zero attached hydrogens (tertiary/aromatic N) is 2. The largest absolute Gasteiger partial charge is 0.495 e. The fourth-order valence-electron chi connectivity index (χ4n) is 2.38. The molecule has 0 saturated heterocycles. The Morgan fingerprint density at radius 1 is 1.36 bits per heavy atom. The highest BCUT2D eigenvalue weighted by atomic mass is 16.5. The molecule has 2 amide bonds. The quantitative estimate of drug-likeness (QED) is 0.771. The van der Waals surface area contributed by atoms with Gasteiger partial charge in [0.2, 0.25) is 0 Å². The predicted octanol–water partition coefficient (Wildman–Crippen LogP) is 2.22. The van der Waals surface area contributed by atoms with E-state index in [4.69, 9.17) is 4.74 Å². The van der Waals surface area contributed by atoms with Crippen LogP contribution in [0.25, 0.3) is 11.0 Å². The van der Waals surface area contributed by atoms with E-state index in [2.05, 4.69) is 22.5 Å². The molecule has 0 aliphatic rings. The molecule has 0 radical (unpaired) electrons. The number of carbonyl (C=O) groups is 1. The van der Waals surface area contributed by atoms with Crippen LogP contribution in [0.3, 0.4) is 0 Å². The van der Waals surface area contributed by atoms with E-state index < -0.39 is 0 Å². The minimum absolute atomic E-state index is 0.107. The molecule has 6 nitrogen and oxygen atoms in total. The van der Waals surface area contributed by atoms with Crippen LogP contribution in [-0.2, 0) is 13.5 Å². The summed E-state index contributed by atoms with van der Waals surface area (Å²) in [5, 5.41) is 6.79. The van der Waals surface area contributed by atoms with Gasteiger partial charge in [0.05, 0.1) is 13.3 Å². The number of unbranched alkanes of at least 4 members (excludes halogenated alkanes) is 1. The molecule has 2 N–H and O–H groups in total. The summed E-state index contributed by atoms with van der Waals surface area (Å²) in [7, 11) is 3.60. The molecule has 2 aromatic heterocycles. The van der Waals surface area contributed by atoms with Crippen LogP contribution in [0, 0.1) is 0 Å². The molecule has 0 aliphatic carbocycles. The maximum Gasteiger partial charge on any atom is 0.314 e. The Morgan fingerprint density at radius 2 is 2.14 bits per heavy atom. The molecule has 120 valence electrons. The second-order valence-electron chi connectivity index (χ2n) is 5.30. The summed E-state index contributed by atoms with van der Waals surface area (Å²) in [6, 6.07) is 1.88. The first-order valence-corrected chi connectivity index (χ1v) is 7.65. The smallest absolute Gasteiger partial charge is 0.314 e. The monoisotopic (exact) mass is 304 g/mol. The molecular weight excluding hydrogens is 280 g/mol. The lowest BCUT2D eigenvalue weighted by atomic mass is 10.1. The number of aryl methyl sites for hydroxylation is 1. The molecule has 0 atom stereocenters. The van der Waals surface area contributed by atoms with Crippen molar-refractivity contribution in [3.8, 4) is 5.75 Å². The Balaban J connectivity index is 1.95. The highest BCUT2D eigenvalue weighted by Gasteiger charge is 2.09. The molecule has 0 aromatic carbocycles. The summed E-state index contributed by atoms with van der Waals surface area (Å²) in [6.07, 6.45) is 6.60. The summed E-state index contributed by atoms with van der Waals surface area (Å²) in [4.78, 5) is 16.0. The van der Waals surface area contributed by atoms with Crippen molar-refractivity contribution in [2.75, 3.05) is 20.2 Å². The van der Waals surface area contributed by atoms with E-state index in [9.17, 15) is 4.79 Å². The van der Waals surface area contributed by atoms with Crippen molar-refractivity contribution in [3.05, 3.63) is 24.0 Å². The van der Waals surface area contributed by atoms with E-state index >= 15 is 0 Å². The van der Waals surface area contributed by atoms with E-state index in [1.165, 1.54) is 0 Å². The third-order valence-electron chi connectivity index (χ3n) is 3.60. The lowest BCUT2D eigenvalue weighted by Gasteiger charge is -2.06. The zero-order valence-corrected chi connectivity index (χ0v) is 13.5. The Morgan fingerprint density at radius 3 is 2.86 bits per heavy atom.